The van der Waals surface area contributed by atoms with Gasteiger partial charge >= 0.3 is 0 Å². The van der Waals surface area contributed by atoms with Crippen molar-refractivity contribution in [3.8, 4) is 0 Å². The molecule has 1 fully saturated rings. The maximum absolute atomic E-state index is 12.1. The molecule has 100 valence electrons. The van der Waals surface area contributed by atoms with Gasteiger partial charge in [0.15, 0.2) is 0 Å². The molecule has 1 aliphatic rings. The maximum Gasteiger partial charge on any atom is 0.229 e. The van der Waals surface area contributed by atoms with E-state index in [0.29, 0.717) is 11.8 Å². The van der Waals surface area contributed by atoms with E-state index >= 15 is 0 Å². The second-order valence-corrected chi connectivity index (χ2v) is 5.86. The Bertz CT molecular complexity index is 250. The summed E-state index contributed by atoms with van der Waals surface area (Å²) >= 11 is 5.82. The van der Waals surface area contributed by atoms with Crippen LogP contribution in [-0.2, 0) is 9.53 Å². The lowest BCUT2D eigenvalue weighted by atomic mass is 9.93. The molecule has 0 aromatic heterocycles. The van der Waals surface area contributed by atoms with E-state index < -0.39 is 5.41 Å². The van der Waals surface area contributed by atoms with Crippen molar-refractivity contribution in [1.29, 1.82) is 0 Å². The predicted octanol–water partition coefficient (Wildman–Crippen LogP) is 2.53. The van der Waals surface area contributed by atoms with Crippen LogP contribution in [0.25, 0.3) is 0 Å². The lowest BCUT2D eigenvalue weighted by Gasteiger charge is -2.29. The molecule has 3 nitrogen and oxygen atoms in total. The Morgan fingerprint density at radius 1 is 1.41 bits per heavy atom. The molecule has 0 aromatic rings. The average Bonchev–Trinajstić information content (AvgIpc) is 2.36. The van der Waals surface area contributed by atoms with Crippen LogP contribution in [0, 0.1) is 11.3 Å². The first kappa shape index (κ1) is 14.8. The van der Waals surface area contributed by atoms with Crippen molar-refractivity contribution in [2.24, 2.45) is 11.3 Å². The van der Waals surface area contributed by atoms with Crippen molar-refractivity contribution < 1.29 is 9.53 Å². The highest BCUT2D eigenvalue weighted by Gasteiger charge is 2.29. The van der Waals surface area contributed by atoms with Gasteiger partial charge in [-0.25, -0.2) is 0 Å². The van der Waals surface area contributed by atoms with Crippen molar-refractivity contribution >= 4 is 17.5 Å². The first-order valence-corrected chi connectivity index (χ1v) is 6.90. The summed E-state index contributed by atoms with van der Waals surface area (Å²) in [7, 11) is 1.87. The van der Waals surface area contributed by atoms with E-state index in [1.807, 2.05) is 25.8 Å². The molecule has 0 aliphatic carbocycles. The van der Waals surface area contributed by atoms with Crippen LogP contribution < -0.4 is 0 Å². The van der Waals surface area contributed by atoms with E-state index in [9.17, 15) is 4.79 Å². The van der Waals surface area contributed by atoms with Crippen molar-refractivity contribution in [3.63, 3.8) is 0 Å². The molecular formula is C13H24ClNO2. The zero-order valence-corrected chi connectivity index (χ0v) is 11.9. The van der Waals surface area contributed by atoms with Gasteiger partial charge in [-0.3, -0.25) is 4.79 Å². The molecule has 0 atom stereocenters. The molecule has 0 spiro atoms. The Morgan fingerprint density at radius 2 is 2.00 bits per heavy atom. The van der Waals surface area contributed by atoms with Gasteiger partial charge in [0, 0.05) is 32.7 Å². The van der Waals surface area contributed by atoms with Gasteiger partial charge in [0.2, 0.25) is 5.91 Å². The third-order valence-corrected chi connectivity index (χ3v) is 4.14. The van der Waals surface area contributed by atoms with E-state index in [0.717, 1.165) is 39.0 Å². The largest absolute Gasteiger partial charge is 0.381 e. The number of nitrogens with zero attached hydrogens (tertiary/aromatic N) is 1. The summed E-state index contributed by atoms with van der Waals surface area (Å²) in [6.07, 6.45) is 3.33. The highest BCUT2D eigenvalue weighted by molar-refractivity contribution is 6.19. The number of carbonyl (C=O) groups excluding carboxylic acids is 1. The van der Waals surface area contributed by atoms with Crippen LogP contribution in [-0.4, -0.2) is 43.5 Å². The van der Waals surface area contributed by atoms with Gasteiger partial charge in [-0.05, 0) is 39.0 Å². The standard InChI is InChI=1S/C13H24ClNO2/c1-13(2,10-14)12(16)15(3)7-4-11-5-8-17-9-6-11/h11H,4-10H2,1-3H3. The van der Waals surface area contributed by atoms with E-state index in [-0.39, 0.29) is 5.91 Å². The fourth-order valence-corrected chi connectivity index (χ4v) is 2.20. The van der Waals surface area contributed by atoms with Crippen LogP contribution >= 0.6 is 11.6 Å². The summed E-state index contributed by atoms with van der Waals surface area (Å²) in [5.74, 6) is 1.21. The normalized spacial score (nSPS) is 18.1. The Labute approximate surface area is 109 Å². The van der Waals surface area contributed by atoms with Crippen LogP contribution in [0.4, 0.5) is 0 Å². The summed E-state index contributed by atoms with van der Waals surface area (Å²) in [5.41, 5.74) is -0.452. The first-order chi connectivity index (χ1) is 7.97. The fourth-order valence-electron chi connectivity index (χ4n) is 2.09. The molecule has 1 saturated heterocycles. The molecule has 0 bridgehead atoms. The van der Waals surface area contributed by atoms with E-state index in [1.165, 1.54) is 0 Å². The molecule has 0 radical (unpaired) electrons. The highest BCUT2D eigenvalue weighted by atomic mass is 35.5. The highest BCUT2D eigenvalue weighted by Crippen LogP contribution is 2.22. The summed E-state index contributed by atoms with van der Waals surface area (Å²) < 4.78 is 5.33. The number of ether oxygens (including phenoxy) is 1. The molecule has 0 N–H and O–H groups in total. The lowest BCUT2D eigenvalue weighted by Crippen LogP contribution is -2.40. The summed E-state index contributed by atoms with van der Waals surface area (Å²) in [6, 6.07) is 0. The smallest absolute Gasteiger partial charge is 0.229 e. The minimum atomic E-state index is -0.452. The quantitative estimate of drug-likeness (QED) is 0.712. The molecular weight excluding hydrogens is 238 g/mol. The second kappa shape index (κ2) is 6.60. The monoisotopic (exact) mass is 261 g/mol. The third kappa shape index (κ3) is 4.47. The first-order valence-electron chi connectivity index (χ1n) is 6.36. The molecule has 17 heavy (non-hydrogen) atoms. The number of rotatable bonds is 5. The zero-order valence-electron chi connectivity index (χ0n) is 11.2. The van der Waals surface area contributed by atoms with Crippen LogP contribution in [0.3, 0.4) is 0 Å². The average molecular weight is 262 g/mol. The Balaban J connectivity index is 2.33. The molecule has 1 amide bonds. The fraction of sp³-hybridized carbons (Fsp3) is 0.923. The number of amides is 1. The van der Waals surface area contributed by atoms with Gasteiger partial charge in [-0.1, -0.05) is 0 Å². The molecule has 0 saturated carbocycles. The van der Waals surface area contributed by atoms with E-state index in [2.05, 4.69) is 0 Å². The topological polar surface area (TPSA) is 29.5 Å². The molecule has 1 aliphatic heterocycles. The van der Waals surface area contributed by atoms with Crippen LogP contribution in [0.2, 0.25) is 0 Å². The molecule has 1 rings (SSSR count). The van der Waals surface area contributed by atoms with Gasteiger partial charge in [0.25, 0.3) is 0 Å². The van der Waals surface area contributed by atoms with Crippen LogP contribution in [0.15, 0.2) is 0 Å². The van der Waals surface area contributed by atoms with Crippen molar-refractivity contribution in [3.05, 3.63) is 0 Å². The third-order valence-electron chi connectivity index (χ3n) is 3.47. The minimum Gasteiger partial charge on any atom is -0.381 e. The van der Waals surface area contributed by atoms with Gasteiger partial charge in [0.05, 0.1) is 5.41 Å². The Hall–Kier alpha value is -0.280. The maximum atomic E-state index is 12.1. The molecule has 1 heterocycles. The van der Waals surface area contributed by atoms with Crippen molar-refractivity contribution in [2.75, 3.05) is 32.7 Å². The van der Waals surface area contributed by atoms with Gasteiger partial charge in [-0.2, -0.15) is 0 Å². The molecule has 0 unspecified atom stereocenters. The van der Waals surface area contributed by atoms with Crippen molar-refractivity contribution in [2.45, 2.75) is 33.1 Å². The Kier molecular flexibility index (Phi) is 5.74. The number of halogens is 1. The summed E-state index contributed by atoms with van der Waals surface area (Å²) in [6.45, 7) is 6.36. The van der Waals surface area contributed by atoms with E-state index in [4.69, 9.17) is 16.3 Å². The van der Waals surface area contributed by atoms with Gasteiger partial charge in [-0.15, -0.1) is 11.6 Å². The predicted molar refractivity (Wildman–Crippen MR) is 70.3 cm³/mol. The van der Waals surface area contributed by atoms with Gasteiger partial charge in [0.1, 0.15) is 0 Å². The summed E-state index contributed by atoms with van der Waals surface area (Å²) in [4.78, 5) is 13.9. The minimum absolute atomic E-state index is 0.138. The van der Waals surface area contributed by atoms with Gasteiger partial charge < -0.3 is 9.64 Å². The number of carbonyl (C=O) groups is 1. The Morgan fingerprint density at radius 3 is 2.53 bits per heavy atom. The van der Waals surface area contributed by atoms with E-state index in [1.54, 1.807) is 0 Å². The lowest BCUT2D eigenvalue weighted by molar-refractivity contribution is -0.138. The second-order valence-electron chi connectivity index (χ2n) is 5.59. The summed E-state index contributed by atoms with van der Waals surface area (Å²) in [5, 5.41) is 0. The number of hydrogen-bond donors (Lipinski definition) is 0. The van der Waals surface area contributed by atoms with Crippen LogP contribution in [0.1, 0.15) is 33.1 Å². The number of hydrogen-bond acceptors (Lipinski definition) is 2. The molecule has 0 aromatic carbocycles. The van der Waals surface area contributed by atoms with Crippen molar-refractivity contribution in [1.82, 2.24) is 4.90 Å². The zero-order chi connectivity index (χ0) is 12.9. The SMILES string of the molecule is CN(CCC1CCOCC1)C(=O)C(C)(C)CCl. The van der Waals surface area contributed by atoms with Crippen LogP contribution in [0.5, 0.6) is 0 Å². The molecule has 4 heteroatoms. The number of alkyl halides is 1.